The van der Waals surface area contributed by atoms with Gasteiger partial charge in [-0.3, -0.25) is 4.90 Å². The van der Waals surface area contributed by atoms with Gasteiger partial charge in [-0.1, -0.05) is 59.6 Å². The highest BCUT2D eigenvalue weighted by atomic mass is 35.5. The van der Waals surface area contributed by atoms with E-state index in [9.17, 15) is 4.39 Å². The van der Waals surface area contributed by atoms with Crippen LogP contribution in [0.4, 0.5) is 10.1 Å². The number of halogens is 3. The van der Waals surface area contributed by atoms with Crippen molar-refractivity contribution in [3.8, 4) is 5.75 Å². The number of hydrogen-bond donors (Lipinski definition) is 0. The van der Waals surface area contributed by atoms with E-state index in [1.807, 2.05) is 30.3 Å². The Morgan fingerprint density at radius 2 is 1.62 bits per heavy atom. The van der Waals surface area contributed by atoms with Crippen molar-refractivity contribution in [2.45, 2.75) is 19.4 Å². The second-order valence-corrected chi connectivity index (χ2v) is 8.92. The van der Waals surface area contributed by atoms with Gasteiger partial charge in [0.2, 0.25) is 0 Å². The molecule has 0 amide bonds. The Balaban J connectivity index is 1.42. The number of para-hydroxylation sites is 1. The molecule has 0 aromatic heterocycles. The van der Waals surface area contributed by atoms with Gasteiger partial charge in [-0.2, -0.15) is 0 Å². The SMILES string of the molecule is Cc1ccccc1C(CCN1CCN(c2ccccc2Cl)CC1)Oc1ccc(F)cc1Cl. The summed E-state index contributed by atoms with van der Waals surface area (Å²) in [5, 5.41) is 1.09. The lowest BCUT2D eigenvalue weighted by molar-refractivity contribution is 0.159. The fraction of sp³-hybridized carbons (Fsp3) is 0.308. The summed E-state index contributed by atoms with van der Waals surface area (Å²) in [6.45, 7) is 6.77. The monoisotopic (exact) mass is 472 g/mol. The molecule has 1 atom stereocenters. The summed E-state index contributed by atoms with van der Waals surface area (Å²) in [6.07, 6.45) is 0.644. The normalized spacial score (nSPS) is 15.6. The number of benzene rings is 3. The zero-order valence-electron chi connectivity index (χ0n) is 18.1. The quantitative estimate of drug-likeness (QED) is 0.377. The number of nitrogens with zero attached hydrogens (tertiary/aromatic N) is 2. The molecule has 0 aliphatic carbocycles. The van der Waals surface area contributed by atoms with Crippen LogP contribution in [-0.4, -0.2) is 37.6 Å². The van der Waals surface area contributed by atoms with Crippen molar-refractivity contribution in [1.29, 1.82) is 0 Å². The van der Waals surface area contributed by atoms with E-state index in [0.29, 0.717) is 5.75 Å². The Morgan fingerprint density at radius 1 is 0.906 bits per heavy atom. The predicted octanol–water partition coefficient (Wildman–Crippen LogP) is 6.77. The van der Waals surface area contributed by atoms with Crippen LogP contribution in [-0.2, 0) is 0 Å². The number of aryl methyl sites for hydroxylation is 1. The average molecular weight is 473 g/mol. The lowest BCUT2D eigenvalue weighted by atomic mass is 10.0. The molecule has 0 spiro atoms. The van der Waals surface area contributed by atoms with Gasteiger partial charge in [-0.05, 0) is 48.4 Å². The summed E-state index contributed by atoms with van der Waals surface area (Å²) < 4.78 is 19.8. The van der Waals surface area contributed by atoms with Gasteiger partial charge in [-0.25, -0.2) is 4.39 Å². The highest BCUT2D eigenvalue weighted by molar-refractivity contribution is 6.33. The van der Waals surface area contributed by atoms with E-state index in [0.717, 1.165) is 55.4 Å². The molecule has 1 heterocycles. The first-order chi connectivity index (χ1) is 15.5. The highest BCUT2D eigenvalue weighted by Crippen LogP contribution is 2.33. The largest absolute Gasteiger partial charge is 0.484 e. The summed E-state index contributed by atoms with van der Waals surface area (Å²) in [4.78, 5) is 4.79. The molecule has 3 aromatic rings. The van der Waals surface area contributed by atoms with E-state index in [1.165, 1.54) is 17.7 Å². The van der Waals surface area contributed by atoms with E-state index in [1.54, 1.807) is 6.07 Å². The third kappa shape index (κ3) is 5.55. The average Bonchev–Trinajstić information content (AvgIpc) is 2.79. The number of rotatable bonds is 7. The van der Waals surface area contributed by atoms with E-state index >= 15 is 0 Å². The molecule has 1 saturated heterocycles. The van der Waals surface area contributed by atoms with E-state index < -0.39 is 0 Å². The first kappa shape index (κ1) is 22.9. The molecule has 168 valence electrons. The molecule has 0 bridgehead atoms. The minimum Gasteiger partial charge on any atom is -0.484 e. The lowest BCUT2D eigenvalue weighted by Crippen LogP contribution is -2.47. The van der Waals surface area contributed by atoms with Crippen LogP contribution in [0.25, 0.3) is 0 Å². The van der Waals surface area contributed by atoms with Crippen molar-refractivity contribution in [2.24, 2.45) is 0 Å². The molecule has 3 nitrogen and oxygen atoms in total. The molecule has 6 heteroatoms. The molecule has 0 N–H and O–H groups in total. The van der Waals surface area contributed by atoms with Crippen LogP contribution in [0.15, 0.2) is 66.7 Å². The molecule has 1 aliphatic heterocycles. The Bertz CT molecular complexity index is 1050. The Kier molecular flexibility index (Phi) is 7.56. The highest BCUT2D eigenvalue weighted by Gasteiger charge is 2.22. The van der Waals surface area contributed by atoms with Crippen LogP contribution in [0.3, 0.4) is 0 Å². The van der Waals surface area contributed by atoms with Crippen LogP contribution in [0, 0.1) is 12.7 Å². The van der Waals surface area contributed by atoms with Crippen molar-refractivity contribution in [3.05, 3.63) is 93.7 Å². The van der Waals surface area contributed by atoms with Crippen molar-refractivity contribution >= 4 is 28.9 Å². The van der Waals surface area contributed by atoms with Gasteiger partial charge in [0, 0.05) is 39.1 Å². The standard InChI is InChI=1S/C26H27Cl2FN2O/c1-19-6-2-3-7-21(19)25(32-26-11-10-20(29)18-23(26)28)12-13-30-14-16-31(17-15-30)24-9-5-4-8-22(24)27/h2-11,18,25H,12-17H2,1H3. The number of piperazine rings is 1. The molecular formula is C26H27Cl2FN2O. The minimum atomic E-state index is -0.369. The summed E-state index contributed by atoms with van der Waals surface area (Å²) in [5.74, 6) is 0.135. The van der Waals surface area contributed by atoms with Crippen LogP contribution < -0.4 is 9.64 Å². The summed E-state index contributed by atoms with van der Waals surface area (Å²) >= 11 is 12.6. The lowest BCUT2D eigenvalue weighted by Gasteiger charge is -2.37. The first-order valence-corrected chi connectivity index (χ1v) is 11.7. The maximum absolute atomic E-state index is 13.5. The maximum Gasteiger partial charge on any atom is 0.139 e. The van der Waals surface area contributed by atoms with Gasteiger partial charge in [0.15, 0.2) is 0 Å². The second kappa shape index (κ2) is 10.6. The molecule has 3 aromatic carbocycles. The van der Waals surface area contributed by atoms with Crippen LogP contribution in [0.2, 0.25) is 10.0 Å². The van der Waals surface area contributed by atoms with Gasteiger partial charge in [0.1, 0.15) is 17.7 Å². The van der Waals surface area contributed by atoms with Crippen LogP contribution >= 0.6 is 23.2 Å². The third-order valence-corrected chi connectivity index (χ3v) is 6.59. The molecule has 0 radical (unpaired) electrons. The van der Waals surface area contributed by atoms with Gasteiger partial charge in [0.05, 0.1) is 15.7 Å². The molecule has 4 rings (SSSR count). The van der Waals surface area contributed by atoms with E-state index in [4.69, 9.17) is 27.9 Å². The number of ether oxygens (including phenoxy) is 1. The number of hydrogen-bond acceptors (Lipinski definition) is 3. The van der Waals surface area contributed by atoms with Crippen molar-refractivity contribution in [1.82, 2.24) is 4.90 Å². The Morgan fingerprint density at radius 3 is 2.34 bits per heavy atom. The molecule has 1 unspecified atom stereocenters. The summed E-state index contributed by atoms with van der Waals surface area (Å²) in [6, 6.07) is 20.5. The minimum absolute atomic E-state index is 0.166. The second-order valence-electron chi connectivity index (χ2n) is 8.11. The molecular weight excluding hydrogens is 446 g/mol. The first-order valence-electron chi connectivity index (χ1n) is 10.9. The zero-order chi connectivity index (χ0) is 22.5. The van der Waals surface area contributed by atoms with Crippen molar-refractivity contribution in [2.75, 3.05) is 37.6 Å². The molecule has 1 fully saturated rings. The van der Waals surface area contributed by atoms with Gasteiger partial charge < -0.3 is 9.64 Å². The molecule has 32 heavy (non-hydrogen) atoms. The van der Waals surface area contributed by atoms with Crippen LogP contribution in [0.5, 0.6) is 5.75 Å². The smallest absolute Gasteiger partial charge is 0.139 e. The van der Waals surface area contributed by atoms with Crippen molar-refractivity contribution in [3.63, 3.8) is 0 Å². The summed E-state index contributed by atoms with van der Waals surface area (Å²) in [7, 11) is 0. The van der Waals surface area contributed by atoms with E-state index in [2.05, 4.69) is 34.9 Å². The Labute approximate surface area is 199 Å². The van der Waals surface area contributed by atoms with Crippen LogP contribution in [0.1, 0.15) is 23.7 Å². The Hall–Kier alpha value is -2.27. The van der Waals surface area contributed by atoms with Crippen molar-refractivity contribution < 1.29 is 9.13 Å². The van der Waals surface area contributed by atoms with E-state index in [-0.39, 0.29) is 16.9 Å². The number of anilines is 1. The molecule has 1 aliphatic rings. The van der Waals surface area contributed by atoms with Gasteiger partial charge >= 0.3 is 0 Å². The fourth-order valence-corrected chi connectivity index (χ4v) is 4.64. The van der Waals surface area contributed by atoms with Gasteiger partial charge in [-0.15, -0.1) is 0 Å². The third-order valence-electron chi connectivity index (χ3n) is 5.97. The molecule has 0 saturated carbocycles. The predicted molar refractivity (Wildman–Crippen MR) is 131 cm³/mol. The fourth-order valence-electron chi connectivity index (χ4n) is 4.17. The van der Waals surface area contributed by atoms with Gasteiger partial charge in [0.25, 0.3) is 0 Å². The maximum atomic E-state index is 13.5. The summed E-state index contributed by atoms with van der Waals surface area (Å²) in [5.41, 5.74) is 3.39. The topological polar surface area (TPSA) is 15.7 Å². The zero-order valence-corrected chi connectivity index (χ0v) is 19.6.